The molecule has 1 heterocycles. The first-order valence-corrected chi connectivity index (χ1v) is 6.91. The zero-order valence-corrected chi connectivity index (χ0v) is 11.1. The molecular formula is C13H16N2O2S. The Morgan fingerprint density at radius 3 is 2.78 bits per heavy atom. The summed E-state index contributed by atoms with van der Waals surface area (Å²) in [5.41, 5.74) is 0. The summed E-state index contributed by atoms with van der Waals surface area (Å²) in [7, 11) is 0. The zero-order valence-electron chi connectivity index (χ0n) is 10.3. The Kier molecular flexibility index (Phi) is 4.25. The molecule has 1 aromatic rings. The molecule has 0 bridgehead atoms. The van der Waals surface area contributed by atoms with E-state index in [-0.39, 0.29) is 18.4 Å². The summed E-state index contributed by atoms with van der Waals surface area (Å²) in [4.78, 5) is 26.0. The second-order valence-corrected chi connectivity index (χ2v) is 5.38. The second-order valence-electron chi connectivity index (χ2n) is 4.21. The molecule has 1 aliphatic rings. The monoisotopic (exact) mass is 264 g/mol. The maximum atomic E-state index is 11.8. The standard InChI is InChI=1S/C13H16N2O2S/c1-10-13(17)15(9-12(16)14-10)7-8-18-11-5-3-2-4-6-11/h2-6,10H,7-9H2,1H3,(H,14,16). The van der Waals surface area contributed by atoms with E-state index in [1.807, 2.05) is 30.3 Å². The van der Waals surface area contributed by atoms with Gasteiger partial charge < -0.3 is 10.2 Å². The smallest absolute Gasteiger partial charge is 0.245 e. The van der Waals surface area contributed by atoms with Crippen molar-refractivity contribution >= 4 is 23.6 Å². The van der Waals surface area contributed by atoms with Crippen LogP contribution in [0.25, 0.3) is 0 Å². The van der Waals surface area contributed by atoms with Gasteiger partial charge in [-0.2, -0.15) is 0 Å². The van der Waals surface area contributed by atoms with Crippen LogP contribution < -0.4 is 5.32 Å². The second kappa shape index (κ2) is 5.91. The van der Waals surface area contributed by atoms with Crippen molar-refractivity contribution in [3.63, 3.8) is 0 Å². The molecule has 1 fully saturated rings. The number of amides is 2. The molecule has 96 valence electrons. The molecule has 1 saturated heterocycles. The van der Waals surface area contributed by atoms with E-state index < -0.39 is 6.04 Å². The maximum absolute atomic E-state index is 11.8. The van der Waals surface area contributed by atoms with Crippen LogP contribution in [0.1, 0.15) is 6.92 Å². The molecule has 2 amide bonds. The van der Waals surface area contributed by atoms with E-state index in [2.05, 4.69) is 5.32 Å². The summed E-state index contributed by atoms with van der Waals surface area (Å²) in [6.07, 6.45) is 0. The largest absolute Gasteiger partial charge is 0.343 e. The van der Waals surface area contributed by atoms with Crippen LogP contribution in [0.4, 0.5) is 0 Å². The van der Waals surface area contributed by atoms with Crippen molar-refractivity contribution in [2.24, 2.45) is 0 Å². The van der Waals surface area contributed by atoms with Crippen molar-refractivity contribution in [1.82, 2.24) is 10.2 Å². The van der Waals surface area contributed by atoms with Gasteiger partial charge in [-0.25, -0.2) is 0 Å². The summed E-state index contributed by atoms with van der Waals surface area (Å²) in [6, 6.07) is 9.64. The first kappa shape index (κ1) is 13.0. The highest BCUT2D eigenvalue weighted by molar-refractivity contribution is 7.99. The topological polar surface area (TPSA) is 49.4 Å². The molecule has 0 radical (unpaired) electrons. The molecule has 1 unspecified atom stereocenters. The fourth-order valence-electron chi connectivity index (χ4n) is 1.85. The van der Waals surface area contributed by atoms with Gasteiger partial charge in [0.15, 0.2) is 0 Å². The van der Waals surface area contributed by atoms with Crippen LogP contribution in [0.15, 0.2) is 35.2 Å². The number of hydrogen-bond acceptors (Lipinski definition) is 3. The molecule has 2 rings (SSSR count). The van der Waals surface area contributed by atoms with E-state index in [9.17, 15) is 9.59 Å². The lowest BCUT2D eigenvalue weighted by molar-refractivity contribution is -0.143. The van der Waals surface area contributed by atoms with Gasteiger partial charge in [-0.1, -0.05) is 18.2 Å². The van der Waals surface area contributed by atoms with Crippen molar-refractivity contribution in [1.29, 1.82) is 0 Å². The lowest BCUT2D eigenvalue weighted by Crippen LogP contribution is -2.57. The van der Waals surface area contributed by atoms with Gasteiger partial charge in [0.25, 0.3) is 0 Å². The molecule has 0 saturated carbocycles. The van der Waals surface area contributed by atoms with Crippen LogP contribution in [0.2, 0.25) is 0 Å². The number of nitrogens with one attached hydrogen (secondary N) is 1. The fourth-order valence-corrected chi connectivity index (χ4v) is 2.75. The van der Waals surface area contributed by atoms with Gasteiger partial charge in [0.1, 0.15) is 6.04 Å². The van der Waals surface area contributed by atoms with Gasteiger partial charge in [0, 0.05) is 17.2 Å². The highest BCUT2D eigenvalue weighted by Gasteiger charge is 2.28. The van der Waals surface area contributed by atoms with Gasteiger partial charge in [0.05, 0.1) is 6.54 Å². The van der Waals surface area contributed by atoms with Crippen LogP contribution >= 0.6 is 11.8 Å². The third-order valence-corrected chi connectivity index (χ3v) is 3.76. The van der Waals surface area contributed by atoms with Crippen molar-refractivity contribution in [3.05, 3.63) is 30.3 Å². The molecule has 1 atom stereocenters. The summed E-state index contributed by atoms with van der Waals surface area (Å²) >= 11 is 1.69. The summed E-state index contributed by atoms with van der Waals surface area (Å²) in [5, 5.41) is 2.63. The molecule has 5 heteroatoms. The van der Waals surface area contributed by atoms with Gasteiger partial charge in [0.2, 0.25) is 11.8 Å². The molecule has 1 aromatic carbocycles. The molecule has 4 nitrogen and oxygen atoms in total. The maximum Gasteiger partial charge on any atom is 0.245 e. The normalized spacial score (nSPS) is 19.8. The Bertz CT molecular complexity index is 436. The molecule has 1 N–H and O–H groups in total. The predicted octanol–water partition coefficient (Wildman–Crippen LogP) is 1.13. The Morgan fingerprint density at radius 1 is 1.33 bits per heavy atom. The first-order chi connectivity index (χ1) is 8.66. The fraction of sp³-hybridized carbons (Fsp3) is 0.385. The van der Waals surface area contributed by atoms with Crippen LogP contribution in [0, 0.1) is 0 Å². The summed E-state index contributed by atoms with van der Waals surface area (Å²) in [5.74, 6) is 0.727. The van der Waals surface area contributed by atoms with E-state index in [1.54, 1.807) is 23.6 Å². The Hall–Kier alpha value is -1.49. The highest BCUT2D eigenvalue weighted by atomic mass is 32.2. The third-order valence-electron chi connectivity index (χ3n) is 2.77. The molecule has 0 aliphatic carbocycles. The van der Waals surface area contributed by atoms with Crippen LogP contribution in [0.3, 0.4) is 0 Å². The SMILES string of the molecule is CC1NC(=O)CN(CCSc2ccccc2)C1=O. The number of nitrogens with zero attached hydrogens (tertiary/aromatic N) is 1. The predicted molar refractivity (Wildman–Crippen MR) is 71.4 cm³/mol. The summed E-state index contributed by atoms with van der Waals surface area (Å²) < 4.78 is 0. The molecule has 0 spiro atoms. The number of hydrogen-bond donors (Lipinski definition) is 1. The number of thioether (sulfide) groups is 1. The van der Waals surface area contributed by atoms with E-state index in [0.717, 1.165) is 5.75 Å². The first-order valence-electron chi connectivity index (χ1n) is 5.93. The lowest BCUT2D eigenvalue weighted by atomic mass is 10.2. The average molecular weight is 264 g/mol. The lowest BCUT2D eigenvalue weighted by Gasteiger charge is -2.30. The van der Waals surface area contributed by atoms with Crippen molar-refractivity contribution < 1.29 is 9.59 Å². The third kappa shape index (κ3) is 3.26. The minimum absolute atomic E-state index is 0.00302. The molecule has 1 aliphatic heterocycles. The number of piperazine rings is 1. The van der Waals surface area contributed by atoms with E-state index in [0.29, 0.717) is 6.54 Å². The van der Waals surface area contributed by atoms with Crippen molar-refractivity contribution in [2.45, 2.75) is 17.9 Å². The van der Waals surface area contributed by atoms with Crippen molar-refractivity contribution in [2.75, 3.05) is 18.8 Å². The van der Waals surface area contributed by atoms with Gasteiger partial charge in [-0.3, -0.25) is 9.59 Å². The Labute approximate surface area is 111 Å². The summed E-state index contributed by atoms with van der Waals surface area (Å²) in [6.45, 7) is 2.51. The minimum atomic E-state index is -0.395. The van der Waals surface area contributed by atoms with E-state index in [1.165, 1.54) is 4.90 Å². The number of rotatable bonds is 4. The van der Waals surface area contributed by atoms with E-state index >= 15 is 0 Å². The van der Waals surface area contributed by atoms with Crippen molar-refractivity contribution in [3.8, 4) is 0 Å². The molecular weight excluding hydrogens is 248 g/mol. The zero-order chi connectivity index (χ0) is 13.0. The molecule has 0 aromatic heterocycles. The van der Waals surface area contributed by atoms with E-state index in [4.69, 9.17) is 0 Å². The van der Waals surface area contributed by atoms with Gasteiger partial charge >= 0.3 is 0 Å². The number of carbonyl (C=O) groups excluding carboxylic acids is 2. The highest BCUT2D eigenvalue weighted by Crippen LogP contribution is 2.17. The minimum Gasteiger partial charge on any atom is -0.343 e. The average Bonchev–Trinajstić information content (AvgIpc) is 2.36. The number of carbonyl (C=O) groups is 2. The Morgan fingerprint density at radius 2 is 2.06 bits per heavy atom. The number of benzene rings is 1. The Balaban J connectivity index is 1.82. The quantitative estimate of drug-likeness (QED) is 0.829. The van der Waals surface area contributed by atoms with Gasteiger partial charge in [-0.05, 0) is 19.1 Å². The van der Waals surface area contributed by atoms with Crippen LogP contribution in [-0.4, -0.2) is 41.6 Å². The van der Waals surface area contributed by atoms with Gasteiger partial charge in [-0.15, -0.1) is 11.8 Å². The van der Waals surface area contributed by atoms with Crippen LogP contribution in [0.5, 0.6) is 0 Å². The molecule has 18 heavy (non-hydrogen) atoms. The van der Waals surface area contributed by atoms with Crippen LogP contribution in [-0.2, 0) is 9.59 Å².